The number of hydrogen-bond acceptors (Lipinski definition) is 5. The van der Waals surface area contributed by atoms with E-state index in [4.69, 9.17) is 14.2 Å². The van der Waals surface area contributed by atoms with Crippen LogP contribution in [0.3, 0.4) is 0 Å². The second kappa shape index (κ2) is 7.28. The summed E-state index contributed by atoms with van der Waals surface area (Å²) in [5.41, 5.74) is 1.45. The number of ether oxygens (including phenoxy) is 3. The maximum atomic E-state index is 12.9. The van der Waals surface area contributed by atoms with Crippen molar-refractivity contribution in [1.82, 2.24) is 9.55 Å². The smallest absolute Gasteiger partial charge is 0.265 e. The third-order valence-corrected chi connectivity index (χ3v) is 5.85. The molecule has 0 atom stereocenters. The average Bonchev–Trinajstić information content (AvgIpc) is 3.19. The van der Waals surface area contributed by atoms with Gasteiger partial charge in [0.15, 0.2) is 5.79 Å². The first-order valence-corrected chi connectivity index (χ1v) is 10.2. The molecule has 29 heavy (non-hydrogen) atoms. The zero-order valence-corrected chi connectivity index (χ0v) is 16.5. The summed E-state index contributed by atoms with van der Waals surface area (Å²) in [7, 11) is 0. The van der Waals surface area contributed by atoms with Crippen LogP contribution in [0.5, 0.6) is 5.75 Å². The summed E-state index contributed by atoms with van der Waals surface area (Å²) in [5.74, 6) is 1.10. The Morgan fingerprint density at radius 2 is 1.72 bits per heavy atom. The lowest BCUT2D eigenvalue weighted by atomic mass is 9.92. The van der Waals surface area contributed by atoms with Crippen molar-refractivity contribution in [2.24, 2.45) is 0 Å². The number of benzene rings is 2. The summed E-state index contributed by atoms with van der Waals surface area (Å²) in [5, 5.41) is 0.617. The van der Waals surface area contributed by atoms with E-state index >= 15 is 0 Å². The van der Waals surface area contributed by atoms with E-state index in [-0.39, 0.29) is 17.5 Å². The van der Waals surface area contributed by atoms with E-state index in [0.29, 0.717) is 24.4 Å². The zero-order valence-electron chi connectivity index (χ0n) is 16.5. The van der Waals surface area contributed by atoms with Gasteiger partial charge in [0, 0.05) is 12.8 Å². The number of aryl methyl sites for hydroxylation is 1. The van der Waals surface area contributed by atoms with Gasteiger partial charge < -0.3 is 14.2 Å². The monoisotopic (exact) mass is 392 g/mol. The van der Waals surface area contributed by atoms with Crippen molar-refractivity contribution in [3.63, 3.8) is 0 Å². The predicted octanol–water partition coefficient (Wildman–Crippen LogP) is 3.76. The highest BCUT2D eigenvalue weighted by Crippen LogP contribution is 2.37. The van der Waals surface area contributed by atoms with E-state index < -0.39 is 0 Å². The molecule has 1 saturated heterocycles. The number of aromatic nitrogens is 2. The Morgan fingerprint density at radius 3 is 2.45 bits per heavy atom. The maximum Gasteiger partial charge on any atom is 0.265 e. The molecular weight excluding hydrogens is 368 g/mol. The Morgan fingerprint density at radius 1 is 1.03 bits per heavy atom. The van der Waals surface area contributed by atoms with E-state index in [2.05, 4.69) is 4.98 Å². The van der Waals surface area contributed by atoms with Gasteiger partial charge in [-0.15, -0.1) is 0 Å². The van der Waals surface area contributed by atoms with Crippen molar-refractivity contribution in [3.05, 3.63) is 64.7 Å². The van der Waals surface area contributed by atoms with Crippen LogP contribution >= 0.6 is 0 Å². The van der Waals surface area contributed by atoms with Crippen LogP contribution in [-0.4, -0.2) is 34.7 Å². The highest BCUT2D eigenvalue weighted by molar-refractivity contribution is 5.77. The van der Waals surface area contributed by atoms with Gasteiger partial charge in [0.2, 0.25) is 0 Å². The Kier molecular flexibility index (Phi) is 4.60. The second-order valence-corrected chi connectivity index (χ2v) is 7.74. The number of rotatable bonds is 3. The molecule has 1 aromatic heterocycles. The minimum Gasteiger partial charge on any atom is -0.490 e. The van der Waals surface area contributed by atoms with Gasteiger partial charge in [-0.25, -0.2) is 4.98 Å². The van der Waals surface area contributed by atoms with E-state index in [1.54, 1.807) is 4.57 Å². The predicted molar refractivity (Wildman–Crippen MR) is 110 cm³/mol. The average molecular weight is 392 g/mol. The summed E-state index contributed by atoms with van der Waals surface area (Å²) < 4.78 is 19.4. The van der Waals surface area contributed by atoms with Gasteiger partial charge in [-0.05, 0) is 56.2 Å². The van der Waals surface area contributed by atoms with Crippen LogP contribution in [0.1, 0.15) is 31.5 Å². The van der Waals surface area contributed by atoms with Crippen LogP contribution in [0.2, 0.25) is 0 Å². The minimum absolute atomic E-state index is 0.0593. The van der Waals surface area contributed by atoms with Gasteiger partial charge in [-0.2, -0.15) is 0 Å². The first-order chi connectivity index (χ1) is 14.1. The van der Waals surface area contributed by atoms with Gasteiger partial charge in [0.25, 0.3) is 5.56 Å². The lowest BCUT2D eigenvalue weighted by molar-refractivity contribution is -0.186. The molecule has 1 aliphatic heterocycles. The fourth-order valence-corrected chi connectivity index (χ4v) is 4.35. The molecule has 0 radical (unpaired) electrons. The van der Waals surface area contributed by atoms with Crippen molar-refractivity contribution in [2.75, 3.05) is 13.2 Å². The van der Waals surface area contributed by atoms with Gasteiger partial charge in [0.05, 0.1) is 35.9 Å². The molecule has 0 bridgehead atoms. The van der Waals surface area contributed by atoms with Crippen molar-refractivity contribution in [2.45, 2.75) is 44.5 Å². The maximum absolute atomic E-state index is 12.9. The molecule has 0 N–H and O–H groups in total. The van der Waals surface area contributed by atoms with E-state index in [1.165, 1.54) is 0 Å². The Bertz CT molecular complexity index is 1070. The highest BCUT2D eigenvalue weighted by Gasteiger charge is 2.40. The van der Waals surface area contributed by atoms with Gasteiger partial charge >= 0.3 is 0 Å². The molecule has 6 heteroatoms. The Balaban J connectivity index is 1.33. The number of para-hydroxylation sites is 1. The van der Waals surface area contributed by atoms with Crippen LogP contribution < -0.4 is 10.3 Å². The summed E-state index contributed by atoms with van der Waals surface area (Å²) in [4.78, 5) is 17.5. The standard InChI is InChI=1S/C23H24N2O4/c1-16-24-21-5-3-2-4-20(21)22(26)25(16)17-6-8-18(9-7-17)29-19-10-12-23(13-11-19)27-14-15-28-23/h2-9,19H,10-15H2,1H3. The molecule has 1 spiro atoms. The van der Waals surface area contributed by atoms with Crippen LogP contribution in [0, 0.1) is 6.92 Å². The van der Waals surface area contributed by atoms with Gasteiger partial charge in [-0.3, -0.25) is 9.36 Å². The molecule has 6 nitrogen and oxygen atoms in total. The first kappa shape index (κ1) is 18.3. The first-order valence-electron chi connectivity index (χ1n) is 10.2. The third-order valence-electron chi connectivity index (χ3n) is 5.85. The Hall–Kier alpha value is -2.70. The third kappa shape index (κ3) is 3.43. The topological polar surface area (TPSA) is 62.6 Å². The van der Waals surface area contributed by atoms with Crippen LogP contribution in [0.25, 0.3) is 16.6 Å². The normalized spacial score (nSPS) is 19.1. The minimum atomic E-state index is -0.370. The molecule has 3 aromatic rings. The van der Waals surface area contributed by atoms with Crippen molar-refractivity contribution >= 4 is 10.9 Å². The molecule has 0 unspecified atom stereocenters. The highest BCUT2D eigenvalue weighted by atomic mass is 16.7. The molecule has 2 aromatic carbocycles. The van der Waals surface area contributed by atoms with Crippen LogP contribution in [0.15, 0.2) is 53.3 Å². The molecule has 150 valence electrons. The van der Waals surface area contributed by atoms with E-state index in [1.807, 2.05) is 55.5 Å². The molecule has 1 aliphatic carbocycles. The SMILES string of the molecule is Cc1nc2ccccc2c(=O)n1-c1ccc(OC2CCC3(CC2)OCCO3)cc1. The lowest BCUT2D eigenvalue weighted by Crippen LogP contribution is -2.38. The van der Waals surface area contributed by atoms with Crippen LogP contribution in [-0.2, 0) is 9.47 Å². The number of fused-ring (bicyclic) bond motifs is 1. The van der Waals surface area contributed by atoms with Gasteiger partial charge in [0.1, 0.15) is 11.6 Å². The summed E-state index contributed by atoms with van der Waals surface area (Å²) in [6.07, 6.45) is 3.72. The summed E-state index contributed by atoms with van der Waals surface area (Å²) >= 11 is 0. The lowest BCUT2D eigenvalue weighted by Gasteiger charge is -2.35. The fourth-order valence-electron chi connectivity index (χ4n) is 4.35. The molecule has 1 saturated carbocycles. The Labute approximate surface area is 169 Å². The molecular formula is C23H24N2O4. The van der Waals surface area contributed by atoms with Crippen molar-refractivity contribution < 1.29 is 14.2 Å². The fraction of sp³-hybridized carbons (Fsp3) is 0.391. The van der Waals surface area contributed by atoms with E-state index in [0.717, 1.165) is 42.6 Å². The summed E-state index contributed by atoms with van der Waals surface area (Å²) in [6.45, 7) is 3.23. The number of nitrogens with zero attached hydrogens (tertiary/aromatic N) is 2. The largest absolute Gasteiger partial charge is 0.490 e. The molecule has 5 rings (SSSR count). The van der Waals surface area contributed by atoms with E-state index in [9.17, 15) is 4.79 Å². The van der Waals surface area contributed by atoms with Crippen molar-refractivity contribution in [1.29, 1.82) is 0 Å². The van der Waals surface area contributed by atoms with Crippen LogP contribution in [0.4, 0.5) is 0 Å². The zero-order chi connectivity index (χ0) is 19.8. The quantitative estimate of drug-likeness (QED) is 0.679. The molecule has 2 aliphatic rings. The second-order valence-electron chi connectivity index (χ2n) is 7.74. The molecule has 0 amide bonds. The molecule has 2 heterocycles. The van der Waals surface area contributed by atoms with Gasteiger partial charge in [-0.1, -0.05) is 12.1 Å². The summed E-state index contributed by atoms with van der Waals surface area (Å²) in [6, 6.07) is 15.1. The molecule has 2 fully saturated rings. The number of hydrogen-bond donors (Lipinski definition) is 0. The van der Waals surface area contributed by atoms with Crippen molar-refractivity contribution in [3.8, 4) is 11.4 Å².